The molecular formula is C59H43N3. The maximum absolute atomic E-state index is 2.52. The smallest absolute Gasteiger partial charge is 0.0625 e. The standard InChI is InChI=1S/C59H43N3/c1-59(2)54-38-45(61(42-22-10-5-11-23-42)44-32-30-43(31-33-44)60(40-18-6-3-7-19-40)41-20-8-4-9-21-41)34-36-49(54)50-37-35-46(39-55(50)59)62-56-29-17-16-28-53(56)57-51-26-14-12-24-47(51)48-25-13-15-27-52(48)58(57)62/h3-39H,1-2H3. The molecule has 1 heterocycles. The van der Waals surface area contributed by atoms with Crippen molar-refractivity contribution in [3.8, 4) is 16.8 Å². The van der Waals surface area contributed by atoms with Crippen LogP contribution < -0.4 is 9.80 Å². The van der Waals surface area contributed by atoms with Gasteiger partial charge in [-0.3, -0.25) is 0 Å². The summed E-state index contributed by atoms with van der Waals surface area (Å²) in [6.07, 6.45) is 0. The van der Waals surface area contributed by atoms with Crippen molar-refractivity contribution in [3.05, 3.63) is 236 Å². The van der Waals surface area contributed by atoms with Crippen LogP contribution in [-0.4, -0.2) is 4.57 Å². The molecular weight excluding hydrogens is 751 g/mol. The van der Waals surface area contributed by atoms with E-state index in [0.717, 1.165) is 34.1 Å². The van der Waals surface area contributed by atoms with E-state index in [1.165, 1.54) is 71.3 Å². The van der Waals surface area contributed by atoms with E-state index >= 15 is 0 Å². The zero-order valence-corrected chi connectivity index (χ0v) is 34.7. The van der Waals surface area contributed by atoms with Crippen LogP contribution in [0.15, 0.2) is 224 Å². The largest absolute Gasteiger partial charge is 0.311 e. The minimum absolute atomic E-state index is 0.248. The molecule has 0 bridgehead atoms. The normalized spacial score (nSPS) is 12.8. The summed E-state index contributed by atoms with van der Waals surface area (Å²) < 4.78 is 2.52. The summed E-state index contributed by atoms with van der Waals surface area (Å²) in [7, 11) is 0. The van der Waals surface area contributed by atoms with Gasteiger partial charge in [-0.2, -0.15) is 0 Å². The quantitative estimate of drug-likeness (QED) is 0.149. The van der Waals surface area contributed by atoms with Gasteiger partial charge in [0.2, 0.25) is 0 Å². The molecule has 3 nitrogen and oxygen atoms in total. The van der Waals surface area contributed by atoms with Gasteiger partial charge in [-0.25, -0.2) is 0 Å². The molecule has 3 heteroatoms. The first-order chi connectivity index (χ1) is 30.5. The molecule has 0 amide bonds. The van der Waals surface area contributed by atoms with E-state index in [1.807, 2.05) is 0 Å². The number of aromatic nitrogens is 1. The first-order valence-electron chi connectivity index (χ1n) is 21.5. The molecule has 0 unspecified atom stereocenters. The second-order valence-corrected chi connectivity index (χ2v) is 16.9. The first kappa shape index (κ1) is 36.0. The van der Waals surface area contributed by atoms with Gasteiger partial charge in [0.15, 0.2) is 0 Å². The van der Waals surface area contributed by atoms with Crippen molar-refractivity contribution in [2.75, 3.05) is 9.80 Å². The Hall–Kier alpha value is -7.88. The van der Waals surface area contributed by atoms with Gasteiger partial charge in [0, 0.05) is 61.4 Å². The Labute approximate surface area is 362 Å². The Balaban J connectivity index is 0.977. The zero-order valence-electron chi connectivity index (χ0n) is 34.7. The average molecular weight is 794 g/mol. The molecule has 0 fully saturated rings. The number of rotatable bonds is 7. The lowest BCUT2D eigenvalue weighted by Crippen LogP contribution is -2.17. The van der Waals surface area contributed by atoms with Gasteiger partial charge in [-0.05, 0) is 129 Å². The van der Waals surface area contributed by atoms with E-state index in [1.54, 1.807) is 0 Å². The van der Waals surface area contributed by atoms with E-state index in [4.69, 9.17) is 0 Å². The fourth-order valence-corrected chi connectivity index (χ4v) is 10.3. The van der Waals surface area contributed by atoms with Crippen LogP contribution in [0.25, 0.3) is 60.2 Å². The highest BCUT2D eigenvalue weighted by Crippen LogP contribution is 2.52. The molecule has 1 aliphatic carbocycles. The van der Waals surface area contributed by atoms with Gasteiger partial charge in [0.25, 0.3) is 0 Å². The van der Waals surface area contributed by atoms with E-state index in [9.17, 15) is 0 Å². The highest BCUT2D eigenvalue weighted by atomic mass is 15.2. The molecule has 0 atom stereocenters. The van der Waals surface area contributed by atoms with Crippen molar-refractivity contribution in [1.82, 2.24) is 4.57 Å². The van der Waals surface area contributed by atoms with E-state index in [-0.39, 0.29) is 5.41 Å². The predicted octanol–water partition coefficient (Wildman–Crippen LogP) is 16.3. The summed E-state index contributed by atoms with van der Waals surface area (Å²) in [6, 6.07) is 81.8. The molecule has 0 saturated carbocycles. The molecule has 1 aromatic heterocycles. The molecule has 0 aliphatic heterocycles. The van der Waals surface area contributed by atoms with Gasteiger partial charge in [0.1, 0.15) is 0 Å². The maximum atomic E-state index is 2.52. The van der Waals surface area contributed by atoms with Crippen LogP contribution >= 0.6 is 0 Å². The third kappa shape index (κ3) is 5.52. The number of fused-ring (bicyclic) bond motifs is 11. The van der Waals surface area contributed by atoms with E-state index < -0.39 is 0 Å². The van der Waals surface area contributed by atoms with Crippen LogP contribution in [-0.2, 0) is 5.41 Å². The number of hydrogen-bond donors (Lipinski definition) is 0. The fraction of sp³-hybridized carbons (Fsp3) is 0.0508. The zero-order chi connectivity index (χ0) is 41.4. The molecule has 10 aromatic carbocycles. The number of nitrogens with zero attached hydrogens (tertiary/aromatic N) is 3. The van der Waals surface area contributed by atoms with Crippen LogP contribution in [0.1, 0.15) is 25.0 Å². The summed E-state index contributed by atoms with van der Waals surface area (Å²) in [5.74, 6) is 0. The second-order valence-electron chi connectivity index (χ2n) is 16.9. The van der Waals surface area contributed by atoms with Crippen LogP contribution in [0.3, 0.4) is 0 Å². The Kier molecular flexibility index (Phi) is 8.20. The van der Waals surface area contributed by atoms with Crippen LogP contribution in [0.4, 0.5) is 34.1 Å². The molecule has 0 spiro atoms. The third-order valence-corrected chi connectivity index (χ3v) is 13.1. The molecule has 0 radical (unpaired) electrons. The molecule has 294 valence electrons. The van der Waals surface area contributed by atoms with Gasteiger partial charge < -0.3 is 14.4 Å². The second kappa shape index (κ2) is 14.1. The van der Waals surface area contributed by atoms with Crippen LogP contribution in [0.5, 0.6) is 0 Å². The summed E-state index contributed by atoms with van der Waals surface area (Å²) >= 11 is 0. The van der Waals surface area contributed by atoms with Gasteiger partial charge in [0.05, 0.1) is 11.0 Å². The summed E-state index contributed by atoms with van der Waals surface area (Å²) in [5.41, 5.74) is 15.4. The summed E-state index contributed by atoms with van der Waals surface area (Å²) in [5, 5.41) is 7.72. The van der Waals surface area contributed by atoms with Crippen molar-refractivity contribution in [2.45, 2.75) is 19.3 Å². The van der Waals surface area contributed by atoms with Gasteiger partial charge in [-0.15, -0.1) is 0 Å². The molecule has 0 N–H and O–H groups in total. The Morgan fingerprint density at radius 2 is 0.742 bits per heavy atom. The van der Waals surface area contributed by atoms with E-state index in [0.29, 0.717) is 0 Å². The third-order valence-electron chi connectivity index (χ3n) is 13.1. The molecule has 0 saturated heterocycles. The topological polar surface area (TPSA) is 11.4 Å². The highest BCUT2D eigenvalue weighted by molar-refractivity contribution is 6.32. The highest BCUT2D eigenvalue weighted by Gasteiger charge is 2.37. The Morgan fingerprint density at radius 3 is 1.32 bits per heavy atom. The van der Waals surface area contributed by atoms with Gasteiger partial charge >= 0.3 is 0 Å². The minimum atomic E-state index is -0.248. The minimum Gasteiger partial charge on any atom is -0.311 e. The van der Waals surface area contributed by atoms with Crippen molar-refractivity contribution < 1.29 is 0 Å². The van der Waals surface area contributed by atoms with Crippen LogP contribution in [0.2, 0.25) is 0 Å². The number of benzene rings is 10. The number of para-hydroxylation sites is 4. The van der Waals surface area contributed by atoms with Gasteiger partial charge in [-0.1, -0.05) is 147 Å². The van der Waals surface area contributed by atoms with Crippen molar-refractivity contribution in [3.63, 3.8) is 0 Å². The van der Waals surface area contributed by atoms with Crippen LogP contribution in [0, 0.1) is 0 Å². The average Bonchev–Trinajstić information content (AvgIpc) is 3.79. The number of anilines is 6. The molecule has 1 aliphatic rings. The van der Waals surface area contributed by atoms with Crippen molar-refractivity contribution in [2.24, 2.45) is 0 Å². The lowest BCUT2D eigenvalue weighted by atomic mass is 9.82. The fourth-order valence-electron chi connectivity index (χ4n) is 10.3. The first-order valence-corrected chi connectivity index (χ1v) is 21.5. The predicted molar refractivity (Wildman–Crippen MR) is 263 cm³/mol. The Morgan fingerprint density at radius 1 is 0.339 bits per heavy atom. The monoisotopic (exact) mass is 793 g/mol. The van der Waals surface area contributed by atoms with E-state index in [2.05, 4.69) is 253 Å². The summed E-state index contributed by atoms with van der Waals surface area (Å²) in [4.78, 5) is 4.70. The lowest BCUT2D eigenvalue weighted by molar-refractivity contribution is 0.660. The maximum Gasteiger partial charge on any atom is 0.0625 e. The summed E-state index contributed by atoms with van der Waals surface area (Å²) in [6.45, 7) is 4.78. The Bertz CT molecular complexity index is 3440. The molecule has 62 heavy (non-hydrogen) atoms. The SMILES string of the molecule is CC1(C)c2cc(N(c3ccccc3)c3ccc(N(c4ccccc4)c4ccccc4)cc3)ccc2-c2ccc(-n3c4ccccc4c4c5ccccc5c5ccccc5c43)cc21. The molecule has 12 rings (SSSR count). The van der Waals surface area contributed by atoms with Crippen molar-refractivity contribution >= 4 is 77.5 Å². The number of hydrogen-bond acceptors (Lipinski definition) is 2. The lowest BCUT2D eigenvalue weighted by Gasteiger charge is -2.29. The molecule has 11 aromatic rings. The van der Waals surface area contributed by atoms with Crippen molar-refractivity contribution in [1.29, 1.82) is 0 Å².